The Bertz CT molecular complexity index is 584. The van der Waals surface area contributed by atoms with Crippen LogP contribution in [0, 0.1) is 0 Å². The van der Waals surface area contributed by atoms with Gasteiger partial charge in [-0.1, -0.05) is 6.07 Å². The minimum Gasteiger partial charge on any atom is -0.493 e. The van der Waals surface area contributed by atoms with E-state index in [1.807, 2.05) is 13.0 Å². The Hall–Kier alpha value is -1.70. The number of methoxy groups -OCH3 is 1. The predicted octanol–water partition coefficient (Wildman–Crippen LogP) is 3.54. The predicted molar refractivity (Wildman–Crippen MR) is 105 cm³/mol. The van der Waals surface area contributed by atoms with Crippen LogP contribution < -0.4 is 20.1 Å². The standard InChI is InChI=1S/C18H29F2N3O2S/c1-6-21-17(23-12-18(2,3)26-5)22-10-9-13-7-8-14(24-4)15(11-13)25-16(19)20/h7-8,11,16H,6,9-10,12H2,1-5H3,(H2,21,22,23). The van der Waals surface area contributed by atoms with Gasteiger partial charge in [0.15, 0.2) is 17.5 Å². The molecule has 1 rings (SSSR count). The topological polar surface area (TPSA) is 54.9 Å². The number of thioether (sulfide) groups is 1. The molecular formula is C18H29F2N3O2S. The number of halogens is 2. The van der Waals surface area contributed by atoms with Gasteiger partial charge in [-0.05, 0) is 51.1 Å². The lowest BCUT2D eigenvalue weighted by molar-refractivity contribution is -0.0512. The molecule has 1 aromatic carbocycles. The Kier molecular flexibility index (Phi) is 9.54. The fourth-order valence-corrected chi connectivity index (χ4v) is 2.26. The summed E-state index contributed by atoms with van der Waals surface area (Å²) < 4.78 is 34.6. The van der Waals surface area contributed by atoms with Crippen molar-refractivity contribution in [3.8, 4) is 11.5 Å². The van der Waals surface area contributed by atoms with Crippen molar-refractivity contribution in [2.75, 3.05) is 33.0 Å². The average Bonchev–Trinajstić information content (AvgIpc) is 2.59. The molecule has 0 atom stereocenters. The molecule has 0 fully saturated rings. The normalized spacial score (nSPS) is 12.2. The molecule has 0 aromatic heterocycles. The van der Waals surface area contributed by atoms with Gasteiger partial charge in [-0.15, -0.1) is 0 Å². The van der Waals surface area contributed by atoms with Gasteiger partial charge in [-0.25, -0.2) is 0 Å². The molecule has 0 bridgehead atoms. The molecule has 0 unspecified atom stereocenters. The van der Waals surface area contributed by atoms with Crippen molar-refractivity contribution in [2.24, 2.45) is 4.99 Å². The maximum atomic E-state index is 12.5. The van der Waals surface area contributed by atoms with E-state index in [2.05, 4.69) is 40.5 Å². The minimum atomic E-state index is -2.88. The number of hydrogen-bond donors (Lipinski definition) is 2. The summed E-state index contributed by atoms with van der Waals surface area (Å²) in [4.78, 5) is 4.60. The van der Waals surface area contributed by atoms with E-state index in [1.54, 1.807) is 23.9 Å². The van der Waals surface area contributed by atoms with Crippen molar-refractivity contribution >= 4 is 17.7 Å². The molecule has 0 heterocycles. The lowest BCUT2D eigenvalue weighted by Crippen LogP contribution is -2.39. The van der Waals surface area contributed by atoms with E-state index in [4.69, 9.17) is 4.74 Å². The Balaban J connectivity index is 2.67. The van der Waals surface area contributed by atoms with Gasteiger partial charge in [-0.2, -0.15) is 20.5 Å². The number of guanidine groups is 1. The summed E-state index contributed by atoms with van der Waals surface area (Å²) in [6, 6.07) is 5.04. The largest absolute Gasteiger partial charge is 0.493 e. The molecule has 0 aliphatic carbocycles. The molecule has 0 saturated heterocycles. The summed E-state index contributed by atoms with van der Waals surface area (Å²) in [6.07, 6.45) is 2.71. The van der Waals surface area contributed by atoms with Crippen LogP contribution in [0.25, 0.3) is 0 Å². The smallest absolute Gasteiger partial charge is 0.387 e. The van der Waals surface area contributed by atoms with E-state index in [-0.39, 0.29) is 16.2 Å². The number of rotatable bonds is 10. The van der Waals surface area contributed by atoms with Crippen LogP contribution in [0.1, 0.15) is 26.3 Å². The van der Waals surface area contributed by atoms with Crippen LogP contribution in [0.3, 0.4) is 0 Å². The van der Waals surface area contributed by atoms with E-state index in [9.17, 15) is 8.78 Å². The first kappa shape index (κ1) is 22.3. The quantitative estimate of drug-likeness (QED) is 0.474. The molecule has 8 heteroatoms. The summed E-state index contributed by atoms with van der Waals surface area (Å²) in [5.41, 5.74) is 0.870. The summed E-state index contributed by atoms with van der Waals surface area (Å²) in [6.45, 7) is 5.49. The van der Waals surface area contributed by atoms with Crippen LogP contribution in [-0.2, 0) is 6.42 Å². The monoisotopic (exact) mass is 389 g/mol. The third-order valence-corrected chi connectivity index (χ3v) is 4.90. The fourth-order valence-electron chi connectivity index (χ4n) is 2.07. The SMILES string of the molecule is CCNC(=NCC(C)(C)SC)NCCc1ccc(OC)c(OC(F)F)c1. The molecule has 0 aliphatic heterocycles. The highest BCUT2D eigenvalue weighted by Gasteiger charge is 2.15. The van der Waals surface area contributed by atoms with Crippen LogP contribution in [0.15, 0.2) is 23.2 Å². The maximum Gasteiger partial charge on any atom is 0.387 e. The first-order valence-corrected chi connectivity index (χ1v) is 9.72. The molecule has 26 heavy (non-hydrogen) atoms. The number of nitrogens with one attached hydrogen (secondary N) is 2. The maximum absolute atomic E-state index is 12.5. The highest BCUT2D eigenvalue weighted by Crippen LogP contribution is 2.29. The van der Waals surface area contributed by atoms with Crippen molar-refractivity contribution < 1.29 is 18.3 Å². The van der Waals surface area contributed by atoms with Gasteiger partial charge in [0.1, 0.15) is 0 Å². The van der Waals surface area contributed by atoms with Gasteiger partial charge in [0, 0.05) is 17.8 Å². The first-order chi connectivity index (χ1) is 12.3. The molecular weight excluding hydrogens is 360 g/mol. The molecule has 0 saturated carbocycles. The first-order valence-electron chi connectivity index (χ1n) is 8.50. The number of nitrogens with zero attached hydrogens (tertiary/aromatic N) is 1. The van der Waals surface area contributed by atoms with Crippen molar-refractivity contribution in [3.05, 3.63) is 23.8 Å². The molecule has 5 nitrogen and oxygen atoms in total. The number of ether oxygens (including phenoxy) is 2. The molecule has 0 amide bonds. The van der Waals surface area contributed by atoms with Gasteiger partial charge in [0.25, 0.3) is 0 Å². The van der Waals surface area contributed by atoms with E-state index >= 15 is 0 Å². The lowest BCUT2D eigenvalue weighted by Gasteiger charge is -2.20. The van der Waals surface area contributed by atoms with Crippen LogP contribution in [0.5, 0.6) is 11.5 Å². The van der Waals surface area contributed by atoms with Crippen molar-refractivity contribution in [1.29, 1.82) is 0 Å². The summed E-state index contributed by atoms with van der Waals surface area (Å²) in [7, 11) is 1.42. The fraction of sp³-hybridized carbons (Fsp3) is 0.611. The Morgan fingerprint density at radius 2 is 2.00 bits per heavy atom. The Labute approximate surface area is 158 Å². The van der Waals surface area contributed by atoms with Gasteiger partial charge >= 0.3 is 6.61 Å². The number of alkyl halides is 2. The molecule has 2 N–H and O–H groups in total. The van der Waals surface area contributed by atoms with Crippen LogP contribution in [-0.4, -0.2) is 50.3 Å². The van der Waals surface area contributed by atoms with Crippen LogP contribution >= 0.6 is 11.8 Å². The van der Waals surface area contributed by atoms with Gasteiger partial charge in [-0.3, -0.25) is 4.99 Å². The van der Waals surface area contributed by atoms with Gasteiger partial charge < -0.3 is 20.1 Å². The van der Waals surface area contributed by atoms with E-state index < -0.39 is 6.61 Å². The second-order valence-corrected chi connectivity index (χ2v) is 7.71. The summed E-state index contributed by atoms with van der Waals surface area (Å²) in [5, 5.41) is 6.47. The number of aliphatic imine (C=N–C) groups is 1. The highest BCUT2D eigenvalue weighted by atomic mass is 32.2. The highest BCUT2D eigenvalue weighted by molar-refractivity contribution is 7.99. The lowest BCUT2D eigenvalue weighted by atomic mass is 10.1. The Morgan fingerprint density at radius 3 is 2.58 bits per heavy atom. The minimum absolute atomic E-state index is 0.0438. The molecule has 148 valence electrons. The zero-order valence-electron chi connectivity index (χ0n) is 16.1. The van der Waals surface area contributed by atoms with Gasteiger partial charge in [0.2, 0.25) is 0 Å². The molecule has 0 aliphatic rings. The zero-order valence-corrected chi connectivity index (χ0v) is 16.9. The molecule has 1 aromatic rings. The van der Waals surface area contributed by atoms with Gasteiger partial charge in [0.05, 0.1) is 13.7 Å². The third-order valence-electron chi connectivity index (χ3n) is 3.66. The Morgan fingerprint density at radius 1 is 1.27 bits per heavy atom. The molecule has 0 spiro atoms. The number of hydrogen-bond acceptors (Lipinski definition) is 4. The zero-order chi connectivity index (χ0) is 19.6. The van der Waals surface area contributed by atoms with Crippen molar-refractivity contribution in [1.82, 2.24) is 10.6 Å². The molecule has 0 radical (unpaired) electrons. The van der Waals surface area contributed by atoms with E-state index in [0.29, 0.717) is 19.5 Å². The van der Waals surface area contributed by atoms with E-state index in [1.165, 1.54) is 7.11 Å². The van der Waals surface area contributed by atoms with Crippen LogP contribution in [0.2, 0.25) is 0 Å². The van der Waals surface area contributed by atoms with Crippen molar-refractivity contribution in [3.63, 3.8) is 0 Å². The third kappa shape index (κ3) is 8.12. The number of benzene rings is 1. The van der Waals surface area contributed by atoms with E-state index in [0.717, 1.165) is 18.1 Å². The van der Waals surface area contributed by atoms with Crippen LogP contribution in [0.4, 0.5) is 8.78 Å². The summed E-state index contributed by atoms with van der Waals surface area (Å²) >= 11 is 1.77. The average molecular weight is 390 g/mol. The second-order valence-electron chi connectivity index (χ2n) is 6.20. The second kappa shape index (κ2) is 11.1. The van der Waals surface area contributed by atoms with Crippen molar-refractivity contribution in [2.45, 2.75) is 38.6 Å². The summed E-state index contributed by atoms with van der Waals surface area (Å²) in [5.74, 6) is 1.07.